The summed E-state index contributed by atoms with van der Waals surface area (Å²) >= 11 is 0. The number of hydrogen-bond donors (Lipinski definition) is 5. The molecule has 9 heteroatoms. The number of carbonyl (C=O) groups excluding carboxylic acids is 4. The maximum atomic E-state index is 12.4. The minimum atomic E-state index is -0.923. The summed E-state index contributed by atoms with van der Waals surface area (Å²) in [4.78, 5) is 48.0. The van der Waals surface area contributed by atoms with Crippen LogP contribution in [-0.2, 0) is 25.6 Å². The molecule has 0 spiro atoms. The predicted octanol–water partition coefficient (Wildman–Crippen LogP) is -1.70. The lowest BCUT2D eigenvalue weighted by atomic mass is 9.97. The van der Waals surface area contributed by atoms with Gasteiger partial charge in [-0.2, -0.15) is 0 Å². The topological polar surface area (TPSA) is 142 Å². The lowest BCUT2D eigenvalue weighted by molar-refractivity contribution is -0.136. The van der Waals surface area contributed by atoms with E-state index in [0.717, 1.165) is 5.56 Å². The first kappa shape index (κ1) is 19.2. The smallest absolute Gasteiger partial charge is 0.232 e. The van der Waals surface area contributed by atoms with Gasteiger partial charge in [-0.15, -0.1) is 0 Å². The zero-order chi connectivity index (χ0) is 18.9. The zero-order valence-corrected chi connectivity index (χ0v) is 14.3. The molecule has 0 radical (unpaired) electrons. The number of nitrogen functional groups attached to an aromatic ring is 1. The van der Waals surface area contributed by atoms with Crippen molar-refractivity contribution in [1.29, 1.82) is 0 Å². The largest absolute Gasteiger partial charge is 0.399 e. The minimum Gasteiger partial charge on any atom is -0.399 e. The van der Waals surface area contributed by atoms with E-state index in [1.165, 1.54) is 0 Å². The maximum absolute atomic E-state index is 12.4. The van der Waals surface area contributed by atoms with Gasteiger partial charge in [-0.05, 0) is 24.1 Å². The molecule has 4 amide bonds. The summed E-state index contributed by atoms with van der Waals surface area (Å²) in [5.41, 5.74) is 7.05. The molecule has 0 bridgehead atoms. The molecule has 0 atom stereocenters. The van der Waals surface area contributed by atoms with Crippen molar-refractivity contribution in [1.82, 2.24) is 21.3 Å². The van der Waals surface area contributed by atoms with Gasteiger partial charge in [0, 0.05) is 31.9 Å². The second kappa shape index (κ2) is 9.40. The van der Waals surface area contributed by atoms with Gasteiger partial charge < -0.3 is 27.0 Å². The minimum absolute atomic E-state index is 0.164. The van der Waals surface area contributed by atoms with Gasteiger partial charge in [-0.25, -0.2) is 0 Å². The van der Waals surface area contributed by atoms with Crippen molar-refractivity contribution in [2.24, 2.45) is 5.92 Å². The molecule has 1 aromatic carbocycles. The Morgan fingerprint density at radius 2 is 1.23 bits per heavy atom. The van der Waals surface area contributed by atoms with Crippen LogP contribution in [0.1, 0.15) is 12.0 Å². The van der Waals surface area contributed by atoms with Gasteiger partial charge in [0.15, 0.2) is 0 Å². The highest BCUT2D eigenvalue weighted by Gasteiger charge is 2.26. The monoisotopic (exact) mass is 361 g/mol. The molecule has 1 saturated heterocycles. The second-order valence-electron chi connectivity index (χ2n) is 5.96. The molecule has 0 aliphatic carbocycles. The van der Waals surface area contributed by atoms with Crippen LogP contribution in [0, 0.1) is 5.92 Å². The van der Waals surface area contributed by atoms with Gasteiger partial charge in [0.1, 0.15) is 12.3 Å². The first-order valence-electron chi connectivity index (χ1n) is 8.39. The third kappa shape index (κ3) is 6.08. The number of carbonyl (C=O) groups is 4. The molecule has 1 aliphatic rings. The van der Waals surface area contributed by atoms with E-state index in [1.54, 1.807) is 24.3 Å². The fourth-order valence-electron chi connectivity index (χ4n) is 2.49. The number of benzene rings is 1. The van der Waals surface area contributed by atoms with Gasteiger partial charge in [0.05, 0.1) is 0 Å². The van der Waals surface area contributed by atoms with Crippen LogP contribution in [0.25, 0.3) is 0 Å². The summed E-state index contributed by atoms with van der Waals surface area (Å²) in [6.07, 6.45) is -0.0711. The summed E-state index contributed by atoms with van der Waals surface area (Å²) in [5, 5.41) is 10.4. The summed E-state index contributed by atoms with van der Waals surface area (Å²) in [7, 11) is 0. The van der Waals surface area contributed by atoms with Crippen molar-refractivity contribution in [2.75, 3.05) is 31.9 Å². The molecule has 1 fully saturated rings. The Morgan fingerprint density at radius 1 is 0.769 bits per heavy atom. The molecule has 1 heterocycles. The summed E-state index contributed by atoms with van der Waals surface area (Å²) in [6, 6.07) is 6.95. The van der Waals surface area contributed by atoms with Crippen molar-refractivity contribution < 1.29 is 19.2 Å². The van der Waals surface area contributed by atoms with E-state index in [9.17, 15) is 19.2 Å². The average Bonchev–Trinajstić information content (AvgIpc) is 2.60. The third-order valence-electron chi connectivity index (χ3n) is 3.87. The quantitative estimate of drug-likeness (QED) is 0.315. The Hall–Kier alpha value is -3.10. The molecule has 140 valence electrons. The Morgan fingerprint density at radius 3 is 1.73 bits per heavy atom. The highest BCUT2D eigenvalue weighted by atomic mass is 16.2. The van der Waals surface area contributed by atoms with Crippen molar-refractivity contribution in [2.45, 2.75) is 12.8 Å². The number of hydrogen-bond acceptors (Lipinski definition) is 5. The van der Waals surface area contributed by atoms with Crippen molar-refractivity contribution in [3.63, 3.8) is 0 Å². The summed E-state index contributed by atoms with van der Waals surface area (Å²) in [6.45, 7) is 0.678. The molecule has 0 unspecified atom stereocenters. The fraction of sp³-hybridized carbons (Fsp3) is 0.412. The maximum Gasteiger partial charge on any atom is 0.232 e. The highest BCUT2D eigenvalue weighted by Crippen LogP contribution is 2.12. The molecule has 1 aliphatic heterocycles. The normalized spacial score (nSPS) is 18.2. The number of nitrogens with one attached hydrogen (secondary N) is 4. The number of amides is 4. The lowest BCUT2D eigenvalue weighted by Gasteiger charge is -2.18. The fourth-order valence-corrected chi connectivity index (χ4v) is 2.49. The second-order valence-corrected chi connectivity index (χ2v) is 5.96. The molecular formula is C17H23N5O4. The first-order chi connectivity index (χ1) is 12.5. The van der Waals surface area contributed by atoms with E-state index in [4.69, 9.17) is 5.73 Å². The van der Waals surface area contributed by atoms with E-state index in [1.807, 2.05) is 0 Å². The van der Waals surface area contributed by atoms with Crippen LogP contribution < -0.4 is 27.0 Å². The highest BCUT2D eigenvalue weighted by molar-refractivity contribution is 6.00. The van der Waals surface area contributed by atoms with Crippen LogP contribution in [0.2, 0.25) is 0 Å². The average molecular weight is 361 g/mol. The molecule has 0 saturated carbocycles. The Labute approximate surface area is 151 Å². The van der Waals surface area contributed by atoms with E-state index in [2.05, 4.69) is 21.3 Å². The van der Waals surface area contributed by atoms with E-state index < -0.39 is 29.5 Å². The molecule has 6 N–H and O–H groups in total. The van der Waals surface area contributed by atoms with Crippen LogP contribution in [-0.4, -0.2) is 49.8 Å². The Bertz CT molecular complexity index is 640. The lowest BCUT2D eigenvalue weighted by Crippen LogP contribution is -2.47. The number of nitrogens with two attached hydrogens (primary N) is 1. The predicted molar refractivity (Wildman–Crippen MR) is 94.7 cm³/mol. The molecule has 2 rings (SSSR count). The zero-order valence-electron chi connectivity index (χ0n) is 14.3. The van der Waals surface area contributed by atoms with Gasteiger partial charge in [-0.1, -0.05) is 12.1 Å². The Balaban J connectivity index is 2.06. The molecule has 0 aromatic heterocycles. The van der Waals surface area contributed by atoms with Gasteiger partial charge >= 0.3 is 0 Å². The third-order valence-corrected chi connectivity index (χ3v) is 3.87. The van der Waals surface area contributed by atoms with Crippen molar-refractivity contribution in [3.8, 4) is 0 Å². The van der Waals surface area contributed by atoms with Crippen LogP contribution in [0.5, 0.6) is 0 Å². The summed E-state index contributed by atoms with van der Waals surface area (Å²) < 4.78 is 0. The van der Waals surface area contributed by atoms with Crippen LogP contribution in [0.15, 0.2) is 24.3 Å². The van der Waals surface area contributed by atoms with Crippen LogP contribution in [0.4, 0.5) is 5.69 Å². The molecule has 9 nitrogen and oxygen atoms in total. The van der Waals surface area contributed by atoms with Crippen molar-refractivity contribution in [3.05, 3.63) is 29.8 Å². The molecule has 26 heavy (non-hydrogen) atoms. The van der Waals surface area contributed by atoms with Crippen LogP contribution in [0.3, 0.4) is 0 Å². The van der Waals surface area contributed by atoms with Crippen molar-refractivity contribution >= 4 is 29.3 Å². The van der Waals surface area contributed by atoms with Crippen LogP contribution >= 0.6 is 0 Å². The van der Waals surface area contributed by atoms with E-state index >= 15 is 0 Å². The van der Waals surface area contributed by atoms with Gasteiger partial charge in [-0.3, -0.25) is 19.2 Å². The van der Waals surface area contributed by atoms with E-state index in [0.29, 0.717) is 5.69 Å². The molecule has 1 aromatic rings. The number of rotatable bonds is 2. The standard InChI is InChI=1S/C17H23N5O4/c18-12-3-1-11(2-4-12)9-13-16(25)21-7-5-19-14(23)10-15(24)20-6-8-22-17(13)26/h1-4,13H,5-10,18H2,(H,19,23)(H,20,24)(H,21,25)(H,22,26). The van der Waals surface area contributed by atoms with Gasteiger partial charge in [0.25, 0.3) is 0 Å². The molecular weight excluding hydrogens is 338 g/mol. The SMILES string of the molecule is Nc1ccc(CC2C(=O)NCCNC(=O)CC(=O)NCCNC2=O)cc1. The Kier molecular flexibility index (Phi) is 6.95. The van der Waals surface area contributed by atoms with Gasteiger partial charge in [0.2, 0.25) is 23.6 Å². The number of anilines is 1. The first-order valence-corrected chi connectivity index (χ1v) is 8.39. The van der Waals surface area contributed by atoms with E-state index in [-0.39, 0.29) is 39.0 Å². The summed E-state index contributed by atoms with van der Waals surface area (Å²) in [5.74, 6) is -2.61.